The van der Waals surface area contributed by atoms with Crippen molar-refractivity contribution in [1.29, 1.82) is 0 Å². The molecule has 5 heteroatoms. The molecule has 2 aromatic carbocycles. The zero-order valence-electron chi connectivity index (χ0n) is 14.0. The molecular weight excluding hydrogens is 317 g/mol. The smallest absolute Gasteiger partial charge is 0.254 e. The van der Waals surface area contributed by atoms with Crippen LogP contribution in [0, 0.1) is 5.82 Å². The molecule has 1 amide bonds. The highest BCUT2D eigenvalue weighted by Gasteiger charge is 2.25. The van der Waals surface area contributed by atoms with E-state index in [-0.39, 0.29) is 11.7 Å². The summed E-state index contributed by atoms with van der Waals surface area (Å²) in [5.74, 6) is -0.323. The van der Waals surface area contributed by atoms with Crippen LogP contribution in [0.15, 0.2) is 54.7 Å². The number of aromatic amines is 1. The van der Waals surface area contributed by atoms with Crippen LogP contribution in [0.1, 0.15) is 15.9 Å². The van der Waals surface area contributed by atoms with E-state index in [0.717, 1.165) is 32.7 Å². The minimum atomic E-state index is -0.315. The number of fused-ring (bicyclic) bond motifs is 1. The third kappa shape index (κ3) is 3.28. The van der Waals surface area contributed by atoms with Gasteiger partial charge in [0, 0.05) is 28.2 Å². The van der Waals surface area contributed by atoms with Gasteiger partial charge in [-0.1, -0.05) is 18.2 Å². The first-order valence-corrected chi connectivity index (χ1v) is 8.64. The molecule has 0 spiro atoms. The summed E-state index contributed by atoms with van der Waals surface area (Å²) in [4.78, 5) is 19.2. The number of piperazine rings is 1. The molecule has 128 valence electrons. The second-order valence-corrected chi connectivity index (χ2v) is 6.59. The molecular formula is C20H21FN3O+. The Morgan fingerprint density at radius 2 is 1.80 bits per heavy atom. The minimum absolute atomic E-state index is 0.00820. The van der Waals surface area contributed by atoms with Gasteiger partial charge in [-0.15, -0.1) is 0 Å². The Balaban J connectivity index is 1.38. The molecule has 0 aliphatic carbocycles. The predicted molar refractivity (Wildman–Crippen MR) is 95.0 cm³/mol. The van der Waals surface area contributed by atoms with Gasteiger partial charge in [0.2, 0.25) is 0 Å². The number of benzene rings is 2. The molecule has 1 aliphatic rings. The molecule has 1 aromatic heterocycles. The van der Waals surface area contributed by atoms with Crippen LogP contribution in [0.4, 0.5) is 4.39 Å². The number of nitrogens with zero attached hydrogens (tertiary/aromatic N) is 1. The first-order valence-electron chi connectivity index (χ1n) is 8.64. The highest BCUT2D eigenvalue weighted by Crippen LogP contribution is 2.16. The number of halogens is 1. The summed E-state index contributed by atoms with van der Waals surface area (Å²) in [5, 5.41) is 1.28. The van der Waals surface area contributed by atoms with E-state index in [1.165, 1.54) is 33.5 Å². The first-order chi connectivity index (χ1) is 12.2. The third-order valence-corrected chi connectivity index (χ3v) is 4.96. The summed E-state index contributed by atoms with van der Waals surface area (Å²) in [6, 6.07) is 14.1. The van der Waals surface area contributed by atoms with Crippen molar-refractivity contribution in [2.45, 2.75) is 6.54 Å². The second-order valence-electron chi connectivity index (χ2n) is 6.59. The SMILES string of the molecule is O=C(c1ccc(F)cc1)N1CC[NH+](Cc2c[nH]c3ccccc23)CC1. The molecule has 4 nitrogen and oxygen atoms in total. The lowest BCUT2D eigenvalue weighted by Crippen LogP contribution is -3.13. The summed E-state index contributed by atoms with van der Waals surface area (Å²) >= 11 is 0. The zero-order valence-corrected chi connectivity index (χ0v) is 14.0. The second kappa shape index (κ2) is 6.69. The van der Waals surface area contributed by atoms with Crippen LogP contribution in [-0.4, -0.2) is 42.0 Å². The number of para-hydroxylation sites is 1. The highest BCUT2D eigenvalue weighted by atomic mass is 19.1. The van der Waals surface area contributed by atoms with Gasteiger partial charge in [-0.05, 0) is 30.3 Å². The van der Waals surface area contributed by atoms with Gasteiger partial charge in [-0.3, -0.25) is 4.79 Å². The van der Waals surface area contributed by atoms with Crippen LogP contribution in [0.5, 0.6) is 0 Å². The fraction of sp³-hybridized carbons (Fsp3) is 0.250. The van der Waals surface area contributed by atoms with Crippen molar-refractivity contribution < 1.29 is 14.1 Å². The molecule has 0 unspecified atom stereocenters. The standard InChI is InChI=1S/C20H20FN3O/c21-17-7-5-15(6-8-17)20(25)24-11-9-23(10-12-24)14-16-13-22-19-4-2-1-3-18(16)19/h1-8,13,22H,9-12,14H2/p+1. The Hall–Kier alpha value is -2.66. The van der Waals surface area contributed by atoms with Crippen molar-refractivity contribution in [2.75, 3.05) is 26.2 Å². The molecule has 0 atom stereocenters. The van der Waals surface area contributed by atoms with E-state index >= 15 is 0 Å². The molecule has 1 fully saturated rings. The Labute approximate surface area is 145 Å². The highest BCUT2D eigenvalue weighted by molar-refractivity contribution is 5.94. The van der Waals surface area contributed by atoms with Crippen molar-refractivity contribution >= 4 is 16.8 Å². The molecule has 3 aromatic rings. The van der Waals surface area contributed by atoms with Gasteiger partial charge < -0.3 is 14.8 Å². The van der Waals surface area contributed by atoms with Gasteiger partial charge >= 0.3 is 0 Å². The molecule has 25 heavy (non-hydrogen) atoms. The van der Waals surface area contributed by atoms with E-state index in [9.17, 15) is 9.18 Å². The van der Waals surface area contributed by atoms with Gasteiger partial charge in [-0.2, -0.15) is 0 Å². The molecule has 4 rings (SSSR count). The lowest BCUT2D eigenvalue weighted by atomic mass is 10.1. The number of amides is 1. The monoisotopic (exact) mass is 338 g/mol. The maximum atomic E-state index is 13.0. The van der Waals surface area contributed by atoms with Crippen molar-refractivity contribution in [3.8, 4) is 0 Å². The van der Waals surface area contributed by atoms with Crippen molar-refractivity contribution in [1.82, 2.24) is 9.88 Å². The Morgan fingerprint density at radius 1 is 1.08 bits per heavy atom. The van der Waals surface area contributed by atoms with E-state index in [2.05, 4.69) is 29.4 Å². The number of rotatable bonds is 3. The number of hydrogen-bond acceptors (Lipinski definition) is 1. The van der Waals surface area contributed by atoms with E-state index < -0.39 is 0 Å². The quantitative estimate of drug-likeness (QED) is 0.752. The first kappa shape index (κ1) is 15.8. The number of nitrogens with one attached hydrogen (secondary N) is 2. The normalized spacial score (nSPS) is 15.6. The largest absolute Gasteiger partial charge is 0.361 e. The molecule has 2 heterocycles. The van der Waals surface area contributed by atoms with Crippen LogP contribution in [-0.2, 0) is 6.54 Å². The van der Waals surface area contributed by atoms with Crippen molar-refractivity contribution in [3.05, 3.63) is 71.7 Å². The molecule has 0 bridgehead atoms. The van der Waals surface area contributed by atoms with Gasteiger partial charge in [0.25, 0.3) is 5.91 Å². The number of hydrogen-bond donors (Lipinski definition) is 2. The lowest BCUT2D eigenvalue weighted by Gasteiger charge is -2.32. The van der Waals surface area contributed by atoms with Crippen molar-refractivity contribution in [3.63, 3.8) is 0 Å². The fourth-order valence-corrected chi connectivity index (χ4v) is 3.53. The van der Waals surface area contributed by atoms with Gasteiger partial charge in [0.15, 0.2) is 0 Å². The Bertz CT molecular complexity index is 879. The van der Waals surface area contributed by atoms with Gasteiger partial charge in [-0.25, -0.2) is 4.39 Å². The molecule has 0 saturated carbocycles. The van der Waals surface area contributed by atoms with E-state index in [0.29, 0.717) is 5.56 Å². The van der Waals surface area contributed by atoms with Crippen molar-refractivity contribution in [2.24, 2.45) is 0 Å². The van der Waals surface area contributed by atoms with E-state index in [1.807, 2.05) is 11.0 Å². The Morgan fingerprint density at radius 3 is 2.56 bits per heavy atom. The van der Waals surface area contributed by atoms with E-state index in [4.69, 9.17) is 0 Å². The van der Waals surface area contributed by atoms with Crippen LogP contribution in [0.25, 0.3) is 10.9 Å². The van der Waals surface area contributed by atoms with Gasteiger partial charge in [0.05, 0.1) is 26.2 Å². The molecule has 2 N–H and O–H groups in total. The molecule has 1 aliphatic heterocycles. The third-order valence-electron chi connectivity index (χ3n) is 4.96. The fourth-order valence-electron chi connectivity index (χ4n) is 3.53. The van der Waals surface area contributed by atoms with Crippen LogP contribution < -0.4 is 4.90 Å². The van der Waals surface area contributed by atoms with Gasteiger partial charge in [0.1, 0.15) is 12.4 Å². The predicted octanol–water partition coefficient (Wildman–Crippen LogP) is 1.85. The van der Waals surface area contributed by atoms with E-state index in [1.54, 1.807) is 12.1 Å². The molecule has 0 radical (unpaired) electrons. The van der Waals surface area contributed by atoms with Crippen LogP contribution in [0.3, 0.4) is 0 Å². The number of carbonyl (C=O) groups is 1. The summed E-state index contributed by atoms with van der Waals surface area (Å²) in [6.07, 6.45) is 2.09. The summed E-state index contributed by atoms with van der Waals surface area (Å²) in [7, 11) is 0. The average molecular weight is 338 g/mol. The number of carbonyl (C=O) groups excluding carboxylic acids is 1. The summed E-state index contributed by atoms with van der Waals surface area (Å²) in [6.45, 7) is 4.27. The minimum Gasteiger partial charge on any atom is -0.361 e. The topological polar surface area (TPSA) is 40.5 Å². The summed E-state index contributed by atoms with van der Waals surface area (Å²) in [5.41, 5.74) is 3.05. The number of aromatic nitrogens is 1. The van der Waals surface area contributed by atoms with Crippen LogP contribution in [0.2, 0.25) is 0 Å². The summed E-state index contributed by atoms with van der Waals surface area (Å²) < 4.78 is 13.0. The maximum absolute atomic E-state index is 13.0. The number of quaternary nitrogens is 1. The maximum Gasteiger partial charge on any atom is 0.254 e. The lowest BCUT2D eigenvalue weighted by molar-refractivity contribution is -0.917. The average Bonchev–Trinajstić information content (AvgIpc) is 3.06. The number of H-pyrrole nitrogens is 1. The van der Waals surface area contributed by atoms with Crippen LogP contribution >= 0.6 is 0 Å². The zero-order chi connectivity index (χ0) is 17.2. The Kier molecular flexibility index (Phi) is 4.24. The molecule has 1 saturated heterocycles.